The third-order valence-electron chi connectivity index (χ3n) is 0.986. The highest BCUT2D eigenvalue weighted by Gasteiger charge is 2.29. The molecule has 1 aliphatic rings. The van der Waals surface area contributed by atoms with Crippen LogP contribution in [0.2, 0.25) is 0 Å². The predicted octanol–water partition coefficient (Wildman–Crippen LogP) is 0.0941. The maximum absolute atomic E-state index is 10.4. The Kier molecular flexibility index (Phi) is 1.53. The van der Waals surface area contributed by atoms with Crippen LogP contribution in [0.15, 0.2) is 0 Å². The smallest absolute Gasteiger partial charge is 0.449 e. The Morgan fingerprint density at radius 2 is 2.62 bits per heavy atom. The van der Waals surface area contributed by atoms with E-state index in [1.165, 1.54) is 0 Å². The summed E-state index contributed by atoms with van der Waals surface area (Å²) in [7, 11) is 0. The number of cyclic esters (lactones) is 1. The fourth-order valence-electron chi connectivity index (χ4n) is 0.557. The molecule has 0 aromatic heterocycles. The third-order valence-corrected chi connectivity index (χ3v) is 1.55. The van der Waals surface area contributed by atoms with Crippen LogP contribution in [0.25, 0.3) is 0 Å². The van der Waals surface area contributed by atoms with Gasteiger partial charge < -0.3 is 10.5 Å². The van der Waals surface area contributed by atoms with E-state index >= 15 is 0 Å². The topological polar surface area (TPSA) is 52.3 Å². The number of halogens is 1. The summed E-state index contributed by atoms with van der Waals surface area (Å²) in [5.74, 6) is -0.313. The number of ether oxygens (including phenoxy) is 1. The molecule has 1 saturated heterocycles. The highest BCUT2D eigenvalue weighted by Crippen LogP contribution is 2.17. The second-order valence-electron chi connectivity index (χ2n) is 1.69. The molecular formula is C4H7BrNO2+. The predicted molar refractivity (Wildman–Crippen MR) is 32.5 cm³/mol. The summed E-state index contributed by atoms with van der Waals surface area (Å²) < 4.78 is 4.63. The number of hydrogen-bond acceptors (Lipinski definition) is 3. The fraction of sp³-hybridized carbons (Fsp3) is 0.750. The van der Waals surface area contributed by atoms with E-state index in [-0.39, 0.29) is 12.4 Å². The van der Waals surface area contributed by atoms with Crippen molar-refractivity contribution in [1.29, 1.82) is 0 Å². The normalized spacial score (nSPS) is 37.5. The Hall–Kier alpha value is -0.0900. The van der Waals surface area contributed by atoms with Crippen LogP contribution in [0.4, 0.5) is 0 Å². The van der Waals surface area contributed by atoms with Gasteiger partial charge in [0.2, 0.25) is 0 Å². The van der Waals surface area contributed by atoms with E-state index < -0.39 is 6.04 Å². The molecule has 1 fully saturated rings. The molecule has 0 aromatic rings. The number of alkyl halides is 1. The number of carbonyl (C=O) groups excluding carboxylic acids is 1. The zero-order valence-electron chi connectivity index (χ0n) is 5.13. The summed E-state index contributed by atoms with van der Waals surface area (Å²) in [6.45, 7) is 0. The lowest BCUT2D eigenvalue weighted by molar-refractivity contribution is -0.139. The van der Waals surface area contributed by atoms with Crippen molar-refractivity contribution >= 4 is 21.9 Å². The van der Waals surface area contributed by atoms with E-state index in [2.05, 4.69) is 20.7 Å². The molecule has 0 amide bonds. The number of carbonyl (C=O) groups is 1. The van der Waals surface area contributed by atoms with E-state index in [4.69, 9.17) is 5.73 Å². The van der Waals surface area contributed by atoms with E-state index in [0.717, 1.165) is 0 Å². The molecule has 1 aliphatic heterocycles. The molecule has 8 heavy (non-hydrogen) atoms. The lowest BCUT2D eigenvalue weighted by Gasteiger charge is -1.93. The number of nitrogens with two attached hydrogens (primary N) is 1. The van der Waals surface area contributed by atoms with Crippen LogP contribution in [0, 0.1) is 0 Å². The minimum atomic E-state index is -0.417. The van der Waals surface area contributed by atoms with Crippen molar-refractivity contribution in [3.63, 3.8) is 0 Å². The van der Waals surface area contributed by atoms with Crippen molar-refractivity contribution in [2.45, 2.75) is 17.5 Å². The van der Waals surface area contributed by atoms with Gasteiger partial charge in [-0.05, 0) is 15.9 Å². The molecule has 4 heteroatoms. The average Bonchev–Trinajstić information content (AvgIpc) is 1.85. The molecule has 0 radical (unpaired) electrons. The monoisotopic (exact) mass is 180 g/mol. The van der Waals surface area contributed by atoms with Gasteiger partial charge >= 0.3 is 7.40 Å². The molecule has 1 rings (SSSR count). The standard InChI is InChI=1S/C4H6BrNO2/c5-3-1-2(6)4(7)8-3/h2-3H,1,6H2/p+1. The van der Waals surface area contributed by atoms with Gasteiger partial charge in [0.25, 0.3) is 0 Å². The van der Waals surface area contributed by atoms with Crippen LogP contribution >= 0.6 is 15.9 Å². The largest absolute Gasteiger partial charge is 1.00 e. The van der Waals surface area contributed by atoms with Gasteiger partial charge in [0, 0.05) is 6.42 Å². The van der Waals surface area contributed by atoms with E-state index in [0.29, 0.717) is 6.42 Å². The molecule has 0 aliphatic carbocycles. The third kappa shape index (κ3) is 1.00. The maximum Gasteiger partial charge on any atom is 1.00 e. The summed E-state index contributed by atoms with van der Waals surface area (Å²) in [4.78, 5) is 10.4. The zero-order chi connectivity index (χ0) is 6.15. The van der Waals surface area contributed by atoms with Crippen molar-refractivity contribution < 1.29 is 11.0 Å². The van der Waals surface area contributed by atoms with Crippen LogP contribution in [-0.2, 0) is 9.53 Å². The first-order valence-electron chi connectivity index (χ1n) is 2.30. The molecule has 0 aromatic carbocycles. The first kappa shape index (κ1) is 6.04. The fourth-order valence-corrected chi connectivity index (χ4v) is 1.14. The molecular weight excluding hydrogens is 174 g/mol. The Morgan fingerprint density at radius 3 is 2.75 bits per heavy atom. The average molecular weight is 181 g/mol. The highest BCUT2D eigenvalue weighted by molar-refractivity contribution is 9.09. The van der Waals surface area contributed by atoms with Crippen LogP contribution < -0.4 is 5.73 Å². The quantitative estimate of drug-likeness (QED) is 0.425. The summed E-state index contributed by atoms with van der Waals surface area (Å²) in [6, 6.07) is -0.417. The maximum atomic E-state index is 10.4. The molecule has 2 atom stereocenters. The number of hydrogen-bond donors (Lipinski definition) is 1. The van der Waals surface area contributed by atoms with Gasteiger partial charge in [-0.3, -0.25) is 4.79 Å². The van der Waals surface area contributed by atoms with E-state index in [9.17, 15) is 4.79 Å². The lowest BCUT2D eigenvalue weighted by Crippen LogP contribution is -2.24. The van der Waals surface area contributed by atoms with Crippen molar-refractivity contribution in [2.24, 2.45) is 5.73 Å². The van der Waals surface area contributed by atoms with Crippen LogP contribution in [0.3, 0.4) is 0 Å². The molecule has 3 nitrogen and oxygen atoms in total. The second kappa shape index (κ2) is 2.03. The number of rotatable bonds is 0. The molecule has 0 saturated carbocycles. The molecule has 2 unspecified atom stereocenters. The lowest BCUT2D eigenvalue weighted by atomic mass is 10.3. The zero-order valence-corrected chi connectivity index (χ0v) is 5.72. The summed E-state index contributed by atoms with van der Waals surface area (Å²) in [6.07, 6.45) is 0.582. The van der Waals surface area contributed by atoms with Gasteiger partial charge in [-0.1, -0.05) is 0 Å². The molecule has 2 N–H and O–H groups in total. The van der Waals surface area contributed by atoms with Gasteiger partial charge in [-0.15, -0.1) is 0 Å². The minimum absolute atomic E-state index is 0. The van der Waals surface area contributed by atoms with Gasteiger partial charge in [-0.2, -0.15) is 0 Å². The molecule has 0 bridgehead atoms. The van der Waals surface area contributed by atoms with Gasteiger partial charge in [0.05, 0.1) is 0 Å². The number of esters is 1. The Bertz CT molecular complexity index is 121. The molecule has 0 spiro atoms. The first-order chi connectivity index (χ1) is 3.70. The van der Waals surface area contributed by atoms with Crippen molar-refractivity contribution in [3.05, 3.63) is 0 Å². The van der Waals surface area contributed by atoms with Crippen molar-refractivity contribution in [2.75, 3.05) is 0 Å². The Labute approximate surface area is 56.8 Å². The summed E-state index contributed by atoms with van der Waals surface area (Å²) >= 11 is 3.10. The molecule has 46 valence electrons. The second-order valence-corrected chi connectivity index (χ2v) is 2.71. The van der Waals surface area contributed by atoms with E-state index in [1.54, 1.807) is 0 Å². The van der Waals surface area contributed by atoms with Gasteiger partial charge in [0.1, 0.15) is 6.04 Å². The van der Waals surface area contributed by atoms with Crippen molar-refractivity contribution in [3.8, 4) is 0 Å². The van der Waals surface area contributed by atoms with E-state index in [1.807, 2.05) is 0 Å². The van der Waals surface area contributed by atoms with Crippen LogP contribution in [0.5, 0.6) is 0 Å². The van der Waals surface area contributed by atoms with Crippen LogP contribution in [-0.4, -0.2) is 17.0 Å². The summed E-state index contributed by atoms with van der Waals surface area (Å²) in [5.41, 5.74) is 5.26. The SMILES string of the molecule is NC1CC(Br)OC1=O.[H+]. The Balaban J connectivity index is 0.000000640. The molecule has 1 heterocycles. The first-order valence-corrected chi connectivity index (χ1v) is 3.22. The highest BCUT2D eigenvalue weighted by atomic mass is 79.9. The van der Waals surface area contributed by atoms with Gasteiger partial charge in [0.15, 0.2) is 5.01 Å². The summed E-state index contributed by atoms with van der Waals surface area (Å²) in [5, 5.41) is -0.162. The van der Waals surface area contributed by atoms with Gasteiger partial charge in [-0.25, -0.2) is 0 Å². The van der Waals surface area contributed by atoms with Crippen molar-refractivity contribution in [1.82, 2.24) is 0 Å². The minimum Gasteiger partial charge on any atom is -0.449 e. The Morgan fingerprint density at radius 1 is 2.00 bits per heavy atom. The van der Waals surface area contributed by atoms with Crippen LogP contribution in [0.1, 0.15) is 7.85 Å².